The van der Waals surface area contributed by atoms with Crippen LogP contribution in [0.3, 0.4) is 0 Å². The molecule has 0 radical (unpaired) electrons. The molecule has 2 aromatic carbocycles. The molecule has 2 rings (SSSR count). The highest BCUT2D eigenvalue weighted by Gasteiger charge is 2.24. The molecule has 1 amide bonds. The molecule has 0 aliphatic rings. The first-order valence-electron chi connectivity index (χ1n) is 7.96. The highest BCUT2D eigenvalue weighted by molar-refractivity contribution is 7.92. The lowest BCUT2D eigenvalue weighted by molar-refractivity contribution is -0.119. The largest absolute Gasteiger partial charge is 0.497 e. The van der Waals surface area contributed by atoms with Gasteiger partial charge >= 0.3 is 0 Å². The molecule has 0 spiro atoms. The van der Waals surface area contributed by atoms with E-state index >= 15 is 0 Å². The van der Waals surface area contributed by atoms with Crippen molar-refractivity contribution in [3.8, 4) is 11.5 Å². The van der Waals surface area contributed by atoms with E-state index in [1.165, 1.54) is 38.5 Å². The van der Waals surface area contributed by atoms with E-state index < -0.39 is 28.3 Å². The summed E-state index contributed by atoms with van der Waals surface area (Å²) >= 11 is 0. The Balaban J connectivity index is 2.20. The van der Waals surface area contributed by atoms with Gasteiger partial charge in [0.05, 0.1) is 26.2 Å². The van der Waals surface area contributed by atoms with Gasteiger partial charge in [0, 0.05) is 18.2 Å². The van der Waals surface area contributed by atoms with Crippen molar-refractivity contribution in [3.63, 3.8) is 0 Å². The Hall–Kier alpha value is -2.81. The number of carbonyl (C=O) groups excluding carboxylic acids is 1. The van der Waals surface area contributed by atoms with Crippen LogP contribution in [0.5, 0.6) is 11.5 Å². The number of anilines is 1. The van der Waals surface area contributed by atoms with Crippen LogP contribution in [0, 0.1) is 5.82 Å². The average molecular weight is 396 g/mol. The first kappa shape index (κ1) is 20.5. The van der Waals surface area contributed by atoms with Crippen molar-refractivity contribution >= 4 is 21.6 Å². The Morgan fingerprint density at radius 3 is 2.44 bits per heavy atom. The fourth-order valence-electron chi connectivity index (χ4n) is 2.39. The number of hydrogen-bond donors (Lipinski definition) is 1. The van der Waals surface area contributed by atoms with Crippen LogP contribution in [0.1, 0.15) is 5.56 Å². The Labute approximate surface area is 157 Å². The molecule has 0 unspecified atom stereocenters. The van der Waals surface area contributed by atoms with Crippen molar-refractivity contribution in [1.82, 2.24) is 5.32 Å². The molecular weight excluding hydrogens is 375 g/mol. The molecule has 0 aliphatic heterocycles. The van der Waals surface area contributed by atoms with Crippen molar-refractivity contribution in [2.45, 2.75) is 6.54 Å². The van der Waals surface area contributed by atoms with Crippen LogP contribution in [0.15, 0.2) is 42.5 Å². The lowest BCUT2D eigenvalue weighted by Gasteiger charge is -2.24. The third-order valence-electron chi connectivity index (χ3n) is 3.78. The van der Waals surface area contributed by atoms with Gasteiger partial charge in [0.25, 0.3) is 0 Å². The van der Waals surface area contributed by atoms with Crippen LogP contribution >= 0.6 is 0 Å². The van der Waals surface area contributed by atoms with Gasteiger partial charge in [-0.3, -0.25) is 9.10 Å². The minimum Gasteiger partial charge on any atom is -0.497 e. The zero-order valence-electron chi connectivity index (χ0n) is 15.2. The van der Waals surface area contributed by atoms with Crippen molar-refractivity contribution in [2.75, 3.05) is 31.3 Å². The van der Waals surface area contributed by atoms with Crippen molar-refractivity contribution in [2.24, 2.45) is 0 Å². The van der Waals surface area contributed by atoms with E-state index in [-0.39, 0.29) is 18.0 Å². The van der Waals surface area contributed by atoms with Gasteiger partial charge in [0.2, 0.25) is 15.9 Å². The summed E-state index contributed by atoms with van der Waals surface area (Å²) < 4.78 is 49.3. The van der Waals surface area contributed by atoms with Gasteiger partial charge < -0.3 is 14.8 Å². The highest BCUT2D eigenvalue weighted by Crippen LogP contribution is 2.33. The van der Waals surface area contributed by atoms with E-state index in [9.17, 15) is 17.6 Å². The quantitative estimate of drug-likeness (QED) is 0.737. The predicted molar refractivity (Wildman–Crippen MR) is 100.0 cm³/mol. The van der Waals surface area contributed by atoms with Crippen LogP contribution in [-0.4, -0.2) is 41.3 Å². The van der Waals surface area contributed by atoms with E-state index in [2.05, 4.69) is 5.32 Å². The second kappa shape index (κ2) is 8.72. The monoisotopic (exact) mass is 396 g/mol. The Morgan fingerprint density at radius 1 is 1.15 bits per heavy atom. The summed E-state index contributed by atoms with van der Waals surface area (Å²) in [6, 6.07) is 10.6. The fraction of sp³-hybridized carbons (Fsp3) is 0.278. The van der Waals surface area contributed by atoms with E-state index in [0.717, 1.165) is 10.6 Å². The summed E-state index contributed by atoms with van der Waals surface area (Å²) in [6.45, 7) is -0.529. The summed E-state index contributed by atoms with van der Waals surface area (Å²) in [5.41, 5.74) is 0.501. The van der Waals surface area contributed by atoms with Gasteiger partial charge in [0.1, 0.15) is 23.9 Å². The number of methoxy groups -OCH3 is 2. The number of halogens is 1. The van der Waals surface area contributed by atoms with Gasteiger partial charge in [-0.2, -0.15) is 0 Å². The number of nitrogens with one attached hydrogen (secondary N) is 1. The van der Waals surface area contributed by atoms with E-state index in [4.69, 9.17) is 9.47 Å². The molecule has 1 N–H and O–H groups in total. The van der Waals surface area contributed by atoms with Gasteiger partial charge in [-0.05, 0) is 18.2 Å². The second-order valence-corrected chi connectivity index (χ2v) is 7.58. The van der Waals surface area contributed by atoms with E-state index in [1.807, 2.05) is 0 Å². The Kier molecular flexibility index (Phi) is 6.62. The van der Waals surface area contributed by atoms with Crippen LogP contribution in [0.4, 0.5) is 10.1 Å². The van der Waals surface area contributed by atoms with Gasteiger partial charge in [-0.25, -0.2) is 12.8 Å². The standard InChI is InChI=1S/C18H21FN2O5S/c1-25-14-8-9-16(17(10-14)26-2)21(27(3,23)24)12-18(22)20-11-13-6-4-5-7-15(13)19/h4-10H,11-12H2,1-3H3,(H,20,22). The Bertz CT molecular complexity index is 918. The topological polar surface area (TPSA) is 84.9 Å². The maximum atomic E-state index is 13.6. The molecule has 0 heterocycles. The van der Waals surface area contributed by atoms with Gasteiger partial charge in [-0.15, -0.1) is 0 Å². The molecule has 0 fully saturated rings. The SMILES string of the molecule is COc1ccc(N(CC(=O)NCc2ccccc2F)S(C)(=O)=O)c(OC)c1. The highest BCUT2D eigenvalue weighted by atomic mass is 32.2. The molecule has 27 heavy (non-hydrogen) atoms. The molecule has 7 nitrogen and oxygen atoms in total. The predicted octanol–water partition coefficient (Wildman–Crippen LogP) is 1.93. The minimum atomic E-state index is -3.78. The number of rotatable bonds is 8. The molecule has 0 saturated carbocycles. The molecule has 0 aromatic heterocycles. The van der Waals surface area contributed by atoms with Crippen LogP contribution < -0.4 is 19.1 Å². The number of hydrogen-bond acceptors (Lipinski definition) is 5. The number of sulfonamides is 1. The Morgan fingerprint density at radius 2 is 1.85 bits per heavy atom. The number of carbonyl (C=O) groups is 1. The lowest BCUT2D eigenvalue weighted by atomic mass is 10.2. The lowest BCUT2D eigenvalue weighted by Crippen LogP contribution is -2.40. The smallest absolute Gasteiger partial charge is 0.241 e. The molecular formula is C18H21FN2O5S. The summed E-state index contributed by atoms with van der Waals surface area (Å²) in [6.07, 6.45) is 0.987. The molecule has 9 heteroatoms. The van der Waals surface area contributed by atoms with Crippen molar-refractivity contribution < 1.29 is 27.1 Å². The molecule has 0 aliphatic carbocycles. The van der Waals surface area contributed by atoms with Gasteiger partial charge in [0.15, 0.2) is 0 Å². The van der Waals surface area contributed by atoms with Crippen LogP contribution in [0.2, 0.25) is 0 Å². The fourth-order valence-corrected chi connectivity index (χ4v) is 3.25. The maximum Gasteiger partial charge on any atom is 0.241 e. The van der Waals surface area contributed by atoms with Crippen molar-refractivity contribution in [3.05, 3.63) is 53.8 Å². The summed E-state index contributed by atoms with van der Waals surface area (Å²) in [4.78, 5) is 12.3. The number of amides is 1. The first-order chi connectivity index (χ1) is 12.8. The summed E-state index contributed by atoms with van der Waals surface area (Å²) in [5.74, 6) is -0.314. The number of benzene rings is 2. The van der Waals surface area contributed by atoms with E-state index in [0.29, 0.717) is 11.3 Å². The molecule has 0 bridgehead atoms. The van der Waals surface area contributed by atoms with E-state index in [1.54, 1.807) is 18.2 Å². The zero-order valence-corrected chi connectivity index (χ0v) is 16.0. The summed E-state index contributed by atoms with van der Waals surface area (Å²) in [7, 11) is -0.922. The molecule has 0 saturated heterocycles. The normalized spacial score (nSPS) is 11.0. The number of ether oxygens (including phenoxy) is 2. The second-order valence-electron chi connectivity index (χ2n) is 5.68. The number of nitrogens with zero attached hydrogens (tertiary/aromatic N) is 1. The van der Waals surface area contributed by atoms with Crippen LogP contribution in [0.25, 0.3) is 0 Å². The maximum absolute atomic E-state index is 13.6. The average Bonchev–Trinajstić information content (AvgIpc) is 2.64. The molecule has 146 valence electrons. The van der Waals surface area contributed by atoms with Gasteiger partial charge in [-0.1, -0.05) is 18.2 Å². The minimum absolute atomic E-state index is 0.0527. The zero-order chi connectivity index (χ0) is 20.0. The van der Waals surface area contributed by atoms with Crippen LogP contribution in [-0.2, 0) is 21.4 Å². The first-order valence-corrected chi connectivity index (χ1v) is 9.81. The molecule has 0 atom stereocenters. The summed E-state index contributed by atoms with van der Waals surface area (Å²) in [5, 5.41) is 2.52. The third-order valence-corrected chi connectivity index (χ3v) is 4.90. The van der Waals surface area contributed by atoms with Crippen molar-refractivity contribution in [1.29, 1.82) is 0 Å². The third kappa shape index (κ3) is 5.33. The molecule has 2 aromatic rings.